The highest BCUT2D eigenvalue weighted by atomic mass is 32.2. The smallest absolute Gasteiger partial charge is 0.175 e. The number of aromatic nitrogens is 2. The van der Waals surface area contributed by atoms with Gasteiger partial charge >= 0.3 is 0 Å². The van der Waals surface area contributed by atoms with Crippen molar-refractivity contribution in [1.29, 1.82) is 0 Å². The first-order chi connectivity index (χ1) is 17.2. The molecule has 0 spiro atoms. The molecule has 6 nitrogen and oxygen atoms in total. The van der Waals surface area contributed by atoms with E-state index in [-0.39, 0.29) is 5.60 Å². The van der Waals surface area contributed by atoms with Crippen molar-refractivity contribution < 1.29 is 13.2 Å². The molecule has 0 unspecified atom stereocenters. The topological polar surface area (TPSA) is 63.9 Å². The van der Waals surface area contributed by atoms with Crippen LogP contribution in [0.1, 0.15) is 33.1 Å². The fourth-order valence-corrected chi connectivity index (χ4v) is 5.66. The summed E-state index contributed by atoms with van der Waals surface area (Å²) in [5.74, 6) is 0.869. The third-order valence-electron chi connectivity index (χ3n) is 6.72. The largest absolute Gasteiger partial charge is 0.487 e. The van der Waals surface area contributed by atoms with Gasteiger partial charge in [0.05, 0.1) is 16.6 Å². The summed E-state index contributed by atoms with van der Waals surface area (Å²) in [7, 11) is -3.28. The van der Waals surface area contributed by atoms with Crippen LogP contribution in [0.5, 0.6) is 5.75 Å². The first-order valence-electron chi connectivity index (χ1n) is 12.5. The van der Waals surface area contributed by atoms with Crippen molar-refractivity contribution in [3.8, 4) is 28.0 Å². The molecule has 0 radical (unpaired) electrons. The summed E-state index contributed by atoms with van der Waals surface area (Å²) in [4.78, 5) is 2.81. The number of sulfone groups is 1. The van der Waals surface area contributed by atoms with Crippen molar-refractivity contribution >= 4 is 15.4 Å². The molecule has 1 fully saturated rings. The molecule has 0 atom stereocenters. The first kappa shape index (κ1) is 24.5. The van der Waals surface area contributed by atoms with Crippen molar-refractivity contribution in [2.24, 2.45) is 0 Å². The second-order valence-electron chi connectivity index (χ2n) is 10.3. The fraction of sp³-hybridized carbons (Fsp3) is 0.345. The Hall–Kier alpha value is -3.16. The quantitative estimate of drug-likeness (QED) is 0.323. The number of rotatable bonds is 7. The van der Waals surface area contributed by atoms with Gasteiger partial charge in [-0.3, -0.25) is 4.90 Å². The Bertz CT molecular complexity index is 1470. The van der Waals surface area contributed by atoms with Crippen LogP contribution in [0.25, 0.3) is 27.8 Å². The van der Waals surface area contributed by atoms with Crippen LogP contribution in [0.4, 0.5) is 0 Å². The lowest BCUT2D eigenvalue weighted by Gasteiger charge is -2.35. The molecule has 3 heterocycles. The summed E-state index contributed by atoms with van der Waals surface area (Å²) in [5, 5.41) is 4.53. The summed E-state index contributed by atoms with van der Waals surface area (Å²) in [6.45, 7) is 7.56. The van der Waals surface area contributed by atoms with Gasteiger partial charge in [-0.2, -0.15) is 5.10 Å². The Kier molecular flexibility index (Phi) is 6.62. The van der Waals surface area contributed by atoms with E-state index in [2.05, 4.69) is 42.0 Å². The van der Waals surface area contributed by atoms with Crippen molar-refractivity contribution in [2.45, 2.75) is 43.6 Å². The van der Waals surface area contributed by atoms with Crippen molar-refractivity contribution in [2.75, 3.05) is 25.9 Å². The van der Waals surface area contributed by atoms with Gasteiger partial charge in [-0.25, -0.2) is 12.9 Å². The minimum absolute atomic E-state index is 0.252. The fourth-order valence-electron chi connectivity index (χ4n) is 4.99. The lowest BCUT2D eigenvalue weighted by molar-refractivity contribution is 0.0520. The van der Waals surface area contributed by atoms with Gasteiger partial charge in [-0.1, -0.05) is 36.8 Å². The number of ether oxygens (including phenoxy) is 1. The average molecular weight is 504 g/mol. The molecule has 2 aromatic carbocycles. The molecule has 2 aromatic heterocycles. The summed E-state index contributed by atoms with van der Waals surface area (Å²) in [6.07, 6.45) is 8.89. The Morgan fingerprint density at radius 2 is 1.64 bits per heavy atom. The maximum Gasteiger partial charge on any atom is 0.175 e. The van der Waals surface area contributed by atoms with E-state index in [1.54, 1.807) is 24.4 Å². The van der Waals surface area contributed by atoms with Crippen LogP contribution < -0.4 is 4.74 Å². The molecule has 7 heteroatoms. The molecule has 0 saturated carbocycles. The van der Waals surface area contributed by atoms with Crippen LogP contribution in [0.15, 0.2) is 78.0 Å². The van der Waals surface area contributed by atoms with Gasteiger partial charge in [0.25, 0.3) is 0 Å². The molecular formula is C29H33N3O3S. The number of nitrogens with zero attached hydrogens (tertiary/aromatic N) is 3. The molecule has 1 aliphatic rings. The standard InChI is InChI=1S/C29H33N3O3S/c1-29(2,21-31-16-5-4-6-17-31)35-25-13-10-22(11-14-25)24-12-15-28-27(19-30-32(28)20-24)23-8-7-9-26(18-23)36(3,33)34/h7-15,18-20H,4-6,16-17,21H2,1-3H3. The highest BCUT2D eigenvalue weighted by Crippen LogP contribution is 2.30. The molecule has 1 aliphatic heterocycles. The van der Waals surface area contributed by atoms with Crippen LogP contribution in [0.3, 0.4) is 0 Å². The predicted octanol–water partition coefficient (Wildman–Crippen LogP) is 5.72. The zero-order chi connectivity index (χ0) is 25.3. The number of fused-ring (bicyclic) bond motifs is 1. The molecule has 5 rings (SSSR count). The van der Waals surface area contributed by atoms with Gasteiger partial charge in [0.15, 0.2) is 9.84 Å². The Morgan fingerprint density at radius 1 is 0.917 bits per heavy atom. The van der Waals surface area contributed by atoms with E-state index >= 15 is 0 Å². The predicted molar refractivity (Wildman–Crippen MR) is 144 cm³/mol. The van der Waals surface area contributed by atoms with Gasteiger partial charge in [0, 0.05) is 30.1 Å². The van der Waals surface area contributed by atoms with Gasteiger partial charge in [0.1, 0.15) is 11.4 Å². The van der Waals surface area contributed by atoms with Crippen LogP contribution in [0, 0.1) is 0 Å². The van der Waals surface area contributed by atoms with Gasteiger partial charge in [-0.05, 0) is 81.2 Å². The molecule has 0 aliphatic carbocycles. The van der Waals surface area contributed by atoms with E-state index in [4.69, 9.17) is 4.74 Å². The van der Waals surface area contributed by atoms with E-state index in [0.717, 1.165) is 53.2 Å². The van der Waals surface area contributed by atoms with Crippen LogP contribution in [-0.4, -0.2) is 54.4 Å². The minimum Gasteiger partial charge on any atom is -0.487 e. The maximum absolute atomic E-state index is 12.0. The maximum atomic E-state index is 12.0. The molecule has 36 heavy (non-hydrogen) atoms. The number of likely N-dealkylation sites (tertiary alicyclic amines) is 1. The average Bonchev–Trinajstić information content (AvgIpc) is 3.27. The third-order valence-corrected chi connectivity index (χ3v) is 7.83. The zero-order valence-electron chi connectivity index (χ0n) is 21.1. The van der Waals surface area contributed by atoms with Crippen molar-refractivity contribution in [3.63, 3.8) is 0 Å². The number of hydrogen-bond donors (Lipinski definition) is 0. The molecule has 1 saturated heterocycles. The zero-order valence-corrected chi connectivity index (χ0v) is 22.0. The molecule has 188 valence electrons. The Labute approximate surface area is 213 Å². The summed E-state index contributed by atoms with van der Waals surface area (Å²) in [5.41, 5.74) is 4.51. The van der Waals surface area contributed by atoms with Gasteiger partial charge in [-0.15, -0.1) is 0 Å². The molecule has 4 aromatic rings. The highest BCUT2D eigenvalue weighted by Gasteiger charge is 2.24. The monoisotopic (exact) mass is 503 g/mol. The van der Waals surface area contributed by atoms with Crippen LogP contribution >= 0.6 is 0 Å². The summed E-state index contributed by atoms with van der Waals surface area (Å²) < 4.78 is 32.1. The Balaban J connectivity index is 1.33. The van der Waals surface area contributed by atoms with Gasteiger partial charge in [0.2, 0.25) is 0 Å². The normalized spacial score (nSPS) is 15.3. The van der Waals surface area contributed by atoms with Crippen molar-refractivity contribution in [1.82, 2.24) is 14.5 Å². The number of hydrogen-bond acceptors (Lipinski definition) is 5. The van der Waals surface area contributed by atoms with Gasteiger partial charge < -0.3 is 4.74 Å². The SMILES string of the molecule is CC(C)(CN1CCCCC1)Oc1ccc(-c2ccc3c(-c4cccc(S(C)(=O)=O)c4)cnn3c2)cc1. The molecule has 0 N–H and O–H groups in total. The molecule has 0 amide bonds. The second-order valence-corrected chi connectivity index (χ2v) is 12.3. The lowest BCUT2D eigenvalue weighted by atomic mass is 10.0. The number of benzene rings is 2. The lowest BCUT2D eigenvalue weighted by Crippen LogP contribution is -2.44. The van der Waals surface area contributed by atoms with Crippen LogP contribution in [-0.2, 0) is 9.84 Å². The van der Waals surface area contributed by atoms with Crippen molar-refractivity contribution in [3.05, 3.63) is 73.1 Å². The second kappa shape index (κ2) is 9.71. The third kappa shape index (κ3) is 5.47. The molecular weight excluding hydrogens is 470 g/mol. The van der Waals surface area contributed by atoms with E-state index in [9.17, 15) is 8.42 Å². The number of piperidine rings is 1. The van der Waals surface area contributed by atoms with E-state index in [1.807, 2.05) is 35.0 Å². The minimum atomic E-state index is -3.28. The van der Waals surface area contributed by atoms with E-state index in [1.165, 1.54) is 25.5 Å². The summed E-state index contributed by atoms with van der Waals surface area (Å²) in [6, 6.07) is 19.3. The number of pyridine rings is 1. The highest BCUT2D eigenvalue weighted by molar-refractivity contribution is 7.90. The molecule has 0 bridgehead atoms. The van der Waals surface area contributed by atoms with E-state index < -0.39 is 9.84 Å². The van der Waals surface area contributed by atoms with Crippen LogP contribution in [0.2, 0.25) is 0 Å². The first-order valence-corrected chi connectivity index (χ1v) is 14.4. The summed E-state index contributed by atoms with van der Waals surface area (Å²) >= 11 is 0. The van der Waals surface area contributed by atoms with E-state index in [0.29, 0.717) is 4.90 Å². The Morgan fingerprint density at radius 3 is 2.36 bits per heavy atom.